The summed E-state index contributed by atoms with van der Waals surface area (Å²) < 4.78 is 6.40. The van der Waals surface area contributed by atoms with Gasteiger partial charge in [0.1, 0.15) is 6.61 Å². The van der Waals surface area contributed by atoms with Crippen LogP contribution >= 0.6 is 0 Å². The number of benzene rings is 1. The number of cyclic esters (lactones) is 1. The first kappa shape index (κ1) is 20.8. The number of aliphatic hydroxyl groups is 2. The van der Waals surface area contributed by atoms with Crippen LogP contribution in [0.1, 0.15) is 64.1 Å². The van der Waals surface area contributed by atoms with Gasteiger partial charge in [-0.3, -0.25) is 9.36 Å². The second kappa shape index (κ2) is 6.49. The van der Waals surface area contributed by atoms with Crippen molar-refractivity contribution in [3.63, 3.8) is 0 Å². The molecule has 7 heteroatoms. The molecule has 0 fully saturated rings. The minimum Gasteiger partial charge on any atom is -0.458 e. The summed E-state index contributed by atoms with van der Waals surface area (Å²) in [5.74, 6) is -0.768. The molecule has 7 nitrogen and oxygen atoms in total. The Hall–Kier alpha value is -3.03. The summed E-state index contributed by atoms with van der Waals surface area (Å²) in [6.07, 6.45) is -1.14. The second-order valence-electron chi connectivity index (χ2n) is 8.98. The van der Waals surface area contributed by atoms with Crippen molar-refractivity contribution in [2.75, 3.05) is 0 Å². The van der Waals surface area contributed by atoms with E-state index in [-0.39, 0.29) is 24.2 Å². The van der Waals surface area contributed by atoms with E-state index >= 15 is 0 Å². The predicted octanol–water partition coefficient (Wildman–Crippen LogP) is 3.11. The molecule has 4 heterocycles. The predicted molar refractivity (Wildman–Crippen MR) is 119 cm³/mol. The molecule has 0 bridgehead atoms. The van der Waals surface area contributed by atoms with Gasteiger partial charge in [0.05, 0.1) is 22.5 Å². The number of esters is 1. The van der Waals surface area contributed by atoms with E-state index in [9.17, 15) is 19.8 Å². The zero-order chi connectivity index (χ0) is 23.3. The van der Waals surface area contributed by atoms with Crippen molar-refractivity contribution in [1.29, 1.82) is 0 Å². The van der Waals surface area contributed by atoms with Crippen LogP contribution in [0.2, 0.25) is 0 Å². The highest BCUT2D eigenvalue weighted by atomic mass is 16.6. The highest BCUT2D eigenvalue weighted by Gasteiger charge is 2.46. The SMILES string of the molecule is CC[C@@]1(O)C(=O)OCc2c1cc1n(c2=O)C(O)c2c-1nc1c(C)c(C)c(C)c(C)c1c2C. The Morgan fingerprint density at radius 1 is 1.09 bits per heavy atom. The standard InChI is InChI=1S/C25H26N2O5/c1-7-25(31)16-8-17-21-19(23(29)27(17)22(28)15(16)9-32-24(25)30)14(6)18-12(4)10(2)11(3)13(5)20(18)26-21/h8,23,29,31H,7,9H2,1-6H3/t23?,25-/m0/s1. The summed E-state index contributed by atoms with van der Waals surface area (Å²) >= 11 is 0. The molecule has 2 aliphatic rings. The number of carbonyl (C=O) groups is 1. The first-order valence-corrected chi connectivity index (χ1v) is 10.8. The molecular weight excluding hydrogens is 408 g/mol. The van der Waals surface area contributed by atoms with E-state index in [2.05, 4.69) is 20.8 Å². The smallest absolute Gasteiger partial charge is 0.343 e. The number of hydrogen-bond donors (Lipinski definition) is 2. The van der Waals surface area contributed by atoms with E-state index in [1.165, 1.54) is 10.1 Å². The van der Waals surface area contributed by atoms with Gasteiger partial charge in [0.2, 0.25) is 0 Å². The van der Waals surface area contributed by atoms with Crippen LogP contribution in [0.25, 0.3) is 22.3 Å². The van der Waals surface area contributed by atoms with Gasteiger partial charge in [0.15, 0.2) is 11.8 Å². The number of aliphatic hydroxyl groups excluding tert-OH is 1. The van der Waals surface area contributed by atoms with Gasteiger partial charge in [-0.15, -0.1) is 0 Å². The molecule has 0 radical (unpaired) electrons. The molecule has 32 heavy (non-hydrogen) atoms. The van der Waals surface area contributed by atoms with Gasteiger partial charge >= 0.3 is 5.97 Å². The van der Waals surface area contributed by atoms with Gasteiger partial charge in [-0.1, -0.05) is 6.92 Å². The summed E-state index contributed by atoms with van der Waals surface area (Å²) in [6, 6.07) is 1.62. The van der Waals surface area contributed by atoms with E-state index in [0.717, 1.165) is 33.2 Å². The van der Waals surface area contributed by atoms with Crippen LogP contribution in [0.4, 0.5) is 0 Å². The van der Waals surface area contributed by atoms with Crippen molar-refractivity contribution in [1.82, 2.24) is 9.55 Å². The monoisotopic (exact) mass is 434 g/mol. The number of aromatic nitrogens is 2. The maximum absolute atomic E-state index is 13.4. The molecule has 2 aromatic heterocycles. The molecule has 166 valence electrons. The topological polar surface area (TPSA) is 102 Å². The zero-order valence-corrected chi connectivity index (χ0v) is 19.1. The molecule has 0 saturated heterocycles. The van der Waals surface area contributed by atoms with E-state index in [1.54, 1.807) is 13.0 Å². The lowest BCUT2D eigenvalue weighted by atomic mass is 9.86. The third-order valence-corrected chi connectivity index (χ3v) is 7.64. The van der Waals surface area contributed by atoms with Crippen LogP contribution in [-0.2, 0) is 21.7 Å². The Bertz CT molecular complexity index is 1440. The molecule has 2 atom stereocenters. The van der Waals surface area contributed by atoms with Crippen molar-refractivity contribution in [2.45, 2.75) is 66.4 Å². The fraction of sp³-hybridized carbons (Fsp3) is 0.400. The lowest BCUT2D eigenvalue weighted by Crippen LogP contribution is -2.44. The lowest BCUT2D eigenvalue weighted by molar-refractivity contribution is -0.172. The van der Waals surface area contributed by atoms with Crippen molar-refractivity contribution < 1.29 is 19.7 Å². The van der Waals surface area contributed by atoms with Gasteiger partial charge in [-0.2, -0.15) is 0 Å². The number of pyridine rings is 2. The van der Waals surface area contributed by atoms with E-state index in [4.69, 9.17) is 9.72 Å². The number of carbonyl (C=O) groups excluding carboxylic acids is 1. The van der Waals surface area contributed by atoms with Crippen LogP contribution in [-0.4, -0.2) is 25.7 Å². The Morgan fingerprint density at radius 3 is 2.41 bits per heavy atom. The Morgan fingerprint density at radius 2 is 1.75 bits per heavy atom. The van der Waals surface area contributed by atoms with E-state index < -0.39 is 23.4 Å². The minimum absolute atomic E-state index is 0.0675. The molecule has 1 aromatic carbocycles. The Balaban J connectivity index is 1.92. The summed E-state index contributed by atoms with van der Waals surface area (Å²) in [7, 11) is 0. The third-order valence-electron chi connectivity index (χ3n) is 7.64. The Labute approximate surface area is 185 Å². The molecule has 2 N–H and O–H groups in total. The number of nitrogens with zero attached hydrogens (tertiary/aromatic N) is 2. The largest absolute Gasteiger partial charge is 0.458 e. The molecular formula is C25H26N2O5. The normalized spacial score (nSPS) is 21.4. The van der Waals surface area contributed by atoms with E-state index in [1.807, 2.05) is 13.8 Å². The van der Waals surface area contributed by atoms with Gasteiger partial charge in [0.25, 0.3) is 5.56 Å². The maximum atomic E-state index is 13.4. The molecule has 0 spiro atoms. The Kier molecular flexibility index (Phi) is 4.23. The van der Waals surface area contributed by atoms with E-state index in [0.29, 0.717) is 17.0 Å². The van der Waals surface area contributed by atoms with Crippen molar-refractivity contribution in [2.24, 2.45) is 0 Å². The van der Waals surface area contributed by atoms with Crippen molar-refractivity contribution in [3.8, 4) is 11.4 Å². The molecule has 2 aliphatic heterocycles. The average molecular weight is 434 g/mol. The number of aryl methyl sites for hydroxylation is 3. The maximum Gasteiger partial charge on any atom is 0.343 e. The van der Waals surface area contributed by atoms with Crippen molar-refractivity contribution in [3.05, 3.63) is 60.9 Å². The van der Waals surface area contributed by atoms with Gasteiger partial charge in [0, 0.05) is 16.5 Å². The van der Waals surface area contributed by atoms with Crippen LogP contribution < -0.4 is 5.56 Å². The quantitative estimate of drug-likeness (QED) is 0.571. The lowest BCUT2D eigenvalue weighted by Gasteiger charge is -2.31. The average Bonchev–Trinajstić information content (AvgIpc) is 3.06. The molecule has 0 amide bonds. The van der Waals surface area contributed by atoms with Crippen LogP contribution in [0, 0.1) is 34.6 Å². The van der Waals surface area contributed by atoms with Crippen LogP contribution in [0.3, 0.4) is 0 Å². The fourth-order valence-electron chi connectivity index (χ4n) is 5.31. The minimum atomic E-state index is -1.90. The summed E-state index contributed by atoms with van der Waals surface area (Å²) in [5, 5.41) is 23.3. The molecule has 1 unspecified atom stereocenters. The zero-order valence-electron chi connectivity index (χ0n) is 19.1. The molecule has 0 aliphatic carbocycles. The summed E-state index contributed by atoms with van der Waals surface area (Å²) in [4.78, 5) is 30.7. The van der Waals surface area contributed by atoms with Crippen molar-refractivity contribution >= 4 is 16.9 Å². The number of ether oxygens (including phenoxy) is 1. The summed E-state index contributed by atoms with van der Waals surface area (Å²) in [6.45, 7) is 11.6. The highest BCUT2D eigenvalue weighted by Crippen LogP contribution is 2.44. The second-order valence-corrected chi connectivity index (χ2v) is 8.98. The molecule has 3 aromatic rings. The molecule has 5 rings (SSSR count). The third kappa shape index (κ3) is 2.30. The number of fused-ring (bicyclic) bond motifs is 5. The summed E-state index contributed by atoms with van der Waals surface area (Å²) in [5.41, 5.74) is 5.73. The number of hydrogen-bond acceptors (Lipinski definition) is 6. The molecule has 0 saturated carbocycles. The van der Waals surface area contributed by atoms with Gasteiger partial charge in [-0.05, 0) is 74.9 Å². The van der Waals surface area contributed by atoms with Crippen LogP contribution in [0.5, 0.6) is 0 Å². The first-order chi connectivity index (χ1) is 15.0. The highest BCUT2D eigenvalue weighted by molar-refractivity contribution is 5.94. The van der Waals surface area contributed by atoms with Crippen LogP contribution in [0.15, 0.2) is 10.9 Å². The fourth-order valence-corrected chi connectivity index (χ4v) is 5.31. The number of rotatable bonds is 1. The first-order valence-electron chi connectivity index (χ1n) is 10.8. The van der Waals surface area contributed by atoms with Gasteiger partial charge < -0.3 is 14.9 Å². The van der Waals surface area contributed by atoms with Gasteiger partial charge in [-0.25, -0.2) is 9.78 Å².